The number of rotatable bonds is 6. The van der Waals surface area contributed by atoms with Crippen LogP contribution in [0, 0.1) is 0 Å². The van der Waals surface area contributed by atoms with E-state index < -0.39 is 22.6 Å². The van der Waals surface area contributed by atoms with Gasteiger partial charge < -0.3 is 5.73 Å². The SMILES string of the molecule is NC(=O)COS(=O)(=O)c1ccc2c(-c3c(-c4ccccn4)nn4c3CCC4)ccnc2c1. The highest BCUT2D eigenvalue weighted by Gasteiger charge is 2.26. The highest BCUT2D eigenvalue weighted by Crippen LogP contribution is 2.39. The lowest BCUT2D eigenvalue weighted by atomic mass is 9.97. The summed E-state index contributed by atoms with van der Waals surface area (Å²) in [6, 6.07) is 12.2. The molecule has 10 heteroatoms. The minimum atomic E-state index is -4.14. The zero-order valence-corrected chi connectivity index (χ0v) is 17.7. The number of nitrogens with two attached hydrogens (primary N) is 1. The summed E-state index contributed by atoms with van der Waals surface area (Å²) in [6.07, 6.45) is 5.28. The predicted octanol–water partition coefficient (Wildman–Crippen LogP) is 2.30. The number of hydrogen-bond donors (Lipinski definition) is 1. The molecule has 5 rings (SSSR count). The molecule has 4 heterocycles. The minimum absolute atomic E-state index is 0.0962. The molecule has 1 aliphatic heterocycles. The van der Waals surface area contributed by atoms with Crippen LogP contribution in [-0.4, -0.2) is 40.7 Å². The molecule has 1 amide bonds. The van der Waals surface area contributed by atoms with Crippen LogP contribution in [0.4, 0.5) is 0 Å². The molecule has 4 aromatic rings. The first-order chi connectivity index (χ1) is 15.4. The summed E-state index contributed by atoms with van der Waals surface area (Å²) in [5.41, 5.74) is 10.0. The Kier molecular flexibility index (Phi) is 4.95. The van der Waals surface area contributed by atoms with Gasteiger partial charge in [0.1, 0.15) is 12.3 Å². The zero-order valence-electron chi connectivity index (χ0n) is 16.9. The molecule has 3 aromatic heterocycles. The second-order valence-corrected chi connectivity index (χ2v) is 9.05. The Morgan fingerprint density at radius 1 is 1.12 bits per heavy atom. The number of carbonyl (C=O) groups is 1. The molecule has 0 bridgehead atoms. The van der Waals surface area contributed by atoms with Crippen LogP contribution in [0.15, 0.2) is 59.8 Å². The Bertz CT molecular complexity index is 1450. The van der Waals surface area contributed by atoms with Crippen molar-refractivity contribution in [1.82, 2.24) is 19.7 Å². The van der Waals surface area contributed by atoms with Crippen molar-refractivity contribution < 1.29 is 17.4 Å². The molecule has 1 aromatic carbocycles. The molecule has 32 heavy (non-hydrogen) atoms. The molecule has 0 saturated carbocycles. The van der Waals surface area contributed by atoms with Crippen molar-refractivity contribution in [3.63, 3.8) is 0 Å². The van der Waals surface area contributed by atoms with Gasteiger partial charge in [0.2, 0.25) is 5.91 Å². The summed E-state index contributed by atoms with van der Waals surface area (Å²) in [4.78, 5) is 19.7. The molecule has 162 valence electrons. The summed E-state index contributed by atoms with van der Waals surface area (Å²) in [5, 5.41) is 5.59. The van der Waals surface area contributed by atoms with Gasteiger partial charge in [-0.1, -0.05) is 12.1 Å². The molecule has 9 nitrogen and oxygen atoms in total. The van der Waals surface area contributed by atoms with Crippen LogP contribution < -0.4 is 5.73 Å². The number of carbonyl (C=O) groups excluding carboxylic acids is 1. The van der Waals surface area contributed by atoms with Crippen molar-refractivity contribution in [2.24, 2.45) is 5.73 Å². The van der Waals surface area contributed by atoms with Crippen LogP contribution in [0.1, 0.15) is 12.1 Å². The molecular weight excluding hydrogens is 430 g/mol. The van der Waals surface area contributed by atoms with Crippen LogP contribution in [0.3, 0.4) is 0 Å². The monoisotopic (exact) mass is 449 g/mol. The van der Waals surface area contributed by atoms with Crippen molar-refractivity contribution >= 4 is 26.9 Å². The fourth-order valence-corrected chi connectivity index (χ4v) is 4.90. The minimum Gasteiger partial charge on any atom is -0.368 e. The summed E-state index contributed by atoms with van der Waals surface area (Å²) in [5.74, 6) is -0.869. The number of amides is 1. The standard InChI is InChI=1S/C22H19N5O4S/c23-20(28)13-31-32(29,30)14-6-7-15-16(8-10-25-18(15)12-14)21-19-5-3-11-27(19)26-22(21)17-4-1-2-9-24-17/h1-2,4,6-10,12H,3,5,11,13H2,(H2,23,28). The quantitative estimate of drug-likeness (QED) is 0.447. The maximum atomic E-state index is 12.4. The second-order valence-electron chi connectivity index (χ2n) is 7.43. The van der Waals surface area contributed by atoms with Crippen LogP contribution in [0.2, 0.25) is 0 Å². The van der Waals surface area contributed by atoms with Gasteiger partial charge >= 0.3 is 0 Å². The average Bonchev–Trinajstić information content (AvgIpc) is 3.39. The van der Waals surface area contributed by atoms with E-state index in [-0.39, 0.29) is 4.90 Å². The molecule has 0 fully saturated rings. The molecule has 0 spiro atoms. The fraction of sp³-hybridized carbons (Fsp3) is 0.182. The third kappa shape index (κ3) is 3.53. The number of benzene rings is 1. The highest BCUT2D eigenvalue weighted by molar-refractivity contribution is 7.86. The molecule has 0 atom stereocenters. The summed E-state index contributed by atoms with van der Waals surface area (Å²) >= 11 is 0. The average molecular weight is 449 g/mol. The Morgan fingerprint density at radius 2 is 2.00 bits per heavy atom. The lowest BCUT2D eigenvalue weighted by molar-refractivity contribution is -0.119. The van der Waals surface area contributed by atoms with Crippen LogP contribution in [0.25, 0.3) is 33.4 Å². The van der Waals surface area contributed by atoms with Gasteiger partial charge in [-0.25, -0.2) is 0 Å². The normalized spacial score (nSPS) is 13.4. The van der Waals surface area contributed by atoms with E-state index in [0.717, 1.165) is 53.0 Å². The molecular formula is C22H19N5O4S. The maximum absolute atomic E-state index is 12.4. The maximum Gasteiger partial charge on any atom is 0.297 e. The Balaban J connectivity index is 1.66. The zero-order chi connectivity index (χ0) is 22.3. The number of primary amides is 1. The topological polar surface area (TPSA) is 130 Å². The molecule has 0 saturated heterocycles. The van der Waals surface area contributed by atoms with Crippen molar-refractivity contribution in [2.75, 3.05) is 6.61 Å². The van der Waals surface area contributed by atoms with E-state index in [2.05, 4.69) is 9.97 Å². The lowest BCUT2D eigenvalue weighted by Gasteiger charge is -2.10. The van der Waals surface area contributed by atoms with Gasteiger partial charge in [0.15, 0.2) is 0 Å². The van der Waals surface area contributed by atoms with Gasteiger partial charge in [0, 0.05) is 35.6 Å². The first-order valence-electron chi connectivity index (χ1n) is 10.0. The number of aryl methyl sites for hydroxylation is 1. The van der Waals surface area contributed by atoms with Crippen LogP contribution in [0.5, 0.6) is 0 Å². The van der Waals surface area contributed by atoms with E-state index >= 15 is 0 Å². The van der Waals surface area contributed by atoms with Crippen molar-refractivity contribution in [3.05, 3.63) is 60.6 Å². The molecule has 1 aliphatic rings. The first-order valence-corrected chi connectivity index (χ1v) is 11.4. The largest absolute Gasteiger partial charge is 0.368 e. The number of aromatic nitrogens is 4. The molecule has 2 N–H and O–H groups in total. The third-order valence-electron chi connectivity index (χ3n) is 5.38. The van der Waals surface area contributed by atoms with Gasteiger partial charge in [0.25, 0.3) is 10.1 Å². The Labute approximate surface area is 184 Å². The fourth-order valence-electron chi connectivity index (χ4n) is 4.00. The van der Waals surface area contributed by atoms with Gasteiger partial charge in [-0.05, 0) is 48.7 Å². The van der Waals surface area contributed by atoms with Gasteiger partial charge in [0.05, 0.1) is 16.1 Å². The van der Waals surface area contributed by atoms with E-state index in [1.807, 2.05) is 28.9 Å². The predicted molar refractivity (Wildman–Crippen MR) is 117 cm³/mol. The van der Waals surface area contributed by atoms with Gasteiger partial charge in [-0.2, -0.15) is 13.5 Å². The van der Waals surface area contributed by atoms with E-state index in [9.17, 15) is 13.2 Å². The van der Waals surface area contributed by atoms with E-state index in [0.29, 0.717) is 5.52 Å². The number of pyridine rings is 2. The van der Waals surface area contributed by atoms with Crippen molar-refractivity contribution in [1.29, 1.82) is 0 Å². The highest BCUT2D eigenvalue weighted by atomic mass is 32.2. The molecule has 0 unspecified atom stereocenters. The van der Waals surface area contributed by atoms with Gasteiger partial charge in [-0.15, -0.1) is 0 Å². The third-order valence-corrected chi connectivity index (χ3v) is 6.64. The number of fused-ring (bicyclic) bond motifs is 2. The summed E-state index contributed by atoms with van der Waals surface area (Å²) < 4.78 is 31.5. The lowest BCUT2D eigenvalue weighted by Crippen LogP contribution is -2.21. The van der Waals surface area contributed by atoms with E-state index in [1.165, 1.54) is 12.1 Å². The molecule has 0 radical (unpaired) electrons. The number of nitrogens with zero attached hydrogens (tertiary/aromatic N) is 4. The second kappa shape index (κ2) is 7.81. The van der Waals surface area contributed by atoms with E-state index in [1.54, 1.807) is 18.5 Å². The van der Waals surface area contributed by atoms with Crippen LogP contribution >= 0.6 is 0 Å². The Morgan fingerprint density at radius 3 is 2.78 bits per heavy atom. The molecule has 0 aliphatic carbocycles. The summed E-state index contributed by atoms with van der Waals surface area (Å²) in [7, 11) is -4.14. The summed E-state index contributed by atoms with van der Waals surface area (Å²) in [6.45, 7) is 0.127. The number of hydrogen-bond acceptors (Lipinski definition) is 7. The van der Waals surface area contributed by atoms with E-state index in [4.69, 9.17) is 15.0 Å². The van der Waals surface area contributed by atoms with Crippen molar-refractivity contribution in [2.45, 2.75) is 24.3 Å². The smallest absolute Gasteiger partial charge is 0.297 e. The van der Waals surface area contributed by atoms with Crippen LogP contribution in [-0.2, 0) is 32.1 Å². The van der Waals surface area contributed by atoms with Crippen molar-refractivity contribution in [3.8, 4) is 22.5 Å². The first kappa shape index (κ1) is 20.3. The van der Waals surface area contributed by atoms with Gasteiger partial charge in [-0.3, -0.25) is 23.6 Å². The Hall–Kier alpha value is -3.63.